The average Bonchev–Trinajstić information content (AvgIpc) is 2.26. The highest BCUT2D eigenvalue weighted by Crippen LogP contribution is 2.33. The third-order valence-corrected chi connectivity index (χ3v) is 3.65. The summed E-state index contributed by atoms with van der Waals surface area (Å²) >= 11 is 3.62. The predicted octanol–water partition coefficient (Wildman–Crippen LogP) is 4.64. The number of rotatable bonds is 1. The van der Waals surface area contributed by atoms with E-state index in [1.165, 1.54) is 5.56 Å². The molecule has 0 radical (unpaired) electrons. The number of aryl methyl sites for hydroxylation is 1. The molecule has 1 aromatic heterocycles. The van der Waals surface area contributed by atoms with Crippen molar-refractivity contribution in [1.29, 1.82) is 0 Å². The number of fused-ring (bicyclic) bond motifs is 1. The molecule has 1 N–H and O–H groups in total. The summed E-state index contributed by atoms with van der Waals surface area (Å²) in [4.78, 5) is 4.81. The quantitative estimate of drug-likeness (QED) is 0.830. The maximum Gasteiger partial charge on any atom is 0.0868 e. The number of benzene rings is 1. The van der Waals surface area contributed by atoms with Crippen LogP contribution in [0.5, 0.6) is 0 Å². The molecular formula is C15H19BrN2. The number of halogens is 1. The number of anilines is 1. The number of pyridine rings is 1. The van der Waals surface area contributed by atoms with Crippen LogP contribution in [-0.2, 0) is 5.41 Å². The number of hydrogen-bond acceptors (Lipinski definition) is 2. The molecular weight excluding hydrogens is 288 g/mol. The molecule has 0 saturated heterocycles. The van der Waals surface area contributed by atoms with Gasteiger partial charge in [-0.15, -0.1) is 0 Å². The van der Waals surface area contributed by atoms with Gasteiger partial charge in [-0.3, -0.25) is 4.98 Å². The molecule has 0 fully saturated rings. The largest absolute Gasteiger partial charge is 0.388 e. The normalized spacial score (nSPS) is 11.9. The van der Waals surface area contributed by atoms with E-state index in [9.17, 15) is 0 Å². The van der Waals surface area contributed by atoms with Gasteiger partial charge in [-0.1, -0.05) is 20.8 Å². The first-order valence-corrected chi connectivity index (χ1v) is 6.91. The smallest absolute Gasteiger partial charge is 0.0868 e. The summed E-state index contributed by atoms with van der Waals surface area (Å²) in [6.45, 7) is 8.65. The maximum atomic E-state index is 4.81. The third-order valence-electron chi connectivity index (χ3n) is 3.05. The van der Waals surface area contributed by atoms with Crippen molar-refractivity contribution in [2.24, 2.45) is 0 Å². The molecule has 0 aliphatic rings. The molecule has 3 heteroatoms. The molecule has 18 heavy (non-hydrogen) atoms. The fourth-order valence-corrected chi connectivity index (χ4v) is 2.68. The van der Waals surface area contributed by atoms with Crippen molar-refractivity contribution in [3.8, 4) is 0 Å². The standard InChI is InChI=1S/C15H19BrN2/c1-9-6-10-12(17-5)8-13(15(2,3)4)18-14(10)11(16)7-9/h6-8H,1-5H3,(H,17,18). The van der Waals surface area contributed by atoms with E-state index in [4.69, 9.17) is 4.98 Å². The molecule has 0 amide bonds. The molecule has 0 bridgehead atoms. The molecule has 2 nitrogen and oxygen atoms in total. The zero-order valence-electron chi connectivity index (χ0n) is 11.6. The Morgan fingerprint density at radius 3 is 2.39 bits per heavy atom. The van der Waals surface area contributed by atoms with Crippen molar-refractivity contribution in [3.05, 3.63) is 33.9 Å². The van der Waals surface area contributed by atoms with Crippen LogP contribution < -0.4 is 5.32 Å². The first-order chi connectivity index (χ1) is 8.32. The maximum absolute atomic E-state index is 4.81. The Kier molecular flexibility index (Phi) is 3.37. The van der Waals surface area contributed by atoms with E-state index in [0.29, 0.717) is 0 Å². The van der Waals surface area contributed by atoms with E-state index >= 15 is 0 Å². The van der Waals surface area contributed by atoms with Crippen LogP contribution in [0.1, 0.15) is 32.0 Å². The van der Waals surface area contributed by atoms with Gasteiger partial charge in [0.05, 0.1) is 5.52 Å². The second-order valence-corrected chi connectivity index (χ2v) is 6.55. The van der Waals surface area contributed by atoms with Gasteiger partial charge < -0.3 is 5.32 Å². The lowest BCUT2D eigenvalue weighted by atomic mass is 9.90. The van der Waals surface area contributed by atoms with Gasteiger partial charge in [-0.05, 0) is 46.6 Å². The van der Waals surface area contributed by atoms with E-state index in [1.54, 1.807) is 0 Å². The summed E-state index contributed by atoms with van der Waals surface area (Å²) in [6.07, 6.45) is 0. The molecule has 2 aromatic rings. The fourth-order valence-electron chi connectivity index (χ4n) is 2.01. The van der Waals surface area contributed by atoms with Gasteiger partial charge in [0, 0.05) is 33.7 Å². The Labute approximate surface area is 117 Å². The van der Waals surface area contributed by atoms with Crippen LogP contribution in [0.4, 0.5) is 5.69 Å². The molecule has 1 aromatic carbocycles. The minimum atomic E-state index is 0.0458. The monoisotopic (exact) mass is 306 g/mol. The highest BCUT2D eigenvalue weighted by atomic mass is 79.9. The Morgan fingerprint density at radius 2 is 1.83 bits per heavy atom. The summed E-state index contributed by atoms with van der Waals surface area (Å²) in [5, 5.41) is 4.44. The van der Waals surface area contributed by atoms with Gasteiger partial charge in [0.15, 0.2) is 0 Å². The second-order valence-electron chi connectivity index (χ2n) is 5.70. The highest BCUT2D eigenvalue weighted by Gasteiger charge is 2.18. The molecule has 0 unspecified atom stereocenters. The molecule has 1 heterocycles. The van der Waals surface area contributed by atoms with Gasteiger partial charge >= 0.3 is 0 Å². The Balaban J connectivity index is 2.84. The van der Waals surface area contributed by atoms with Gasteiger partial charge in [0.2, 0.25) is 0 Å². The Morgan fingerprint density at radius 1 is 1.17 bits per heavy atom. The lowest BCUT2D eigenvalue weighted by Crippen LogP contribution is -2.14. The lowest BCUT2D eigenvalue weighted by molar-refractivity contribution is 0.572. The Bertz CT molecular complexity index is 597. The number of hydrogen-bond donors (Lipinski definition) is 1. The SMILES string of the molecule is CNc1cc(C(C)(C)C)nc2c(Br)cc(C)cc12. The zero-order chi connectivity index (χ0) is 13.5. The Hall–Kier alpha value is -1.09. The van der Waals surface area contributed by atoms with Crippen LogP contribution in [-0.4, -0.2) is 12.0 Å². The van der Waals surface area contributed by atoms with E-state index in [0.717, 1.165) is 26.8 Å². The first kappa shape index (κ1) is 13.3. The van der Waals surface area contributed by atoms with Crippen molar-refractivity contribution in [3.63, 3.8) is 0 Å². The van der Waals surface area contributed by atoms with E-state index in [1.807, 2.05) is 7.05 Å². The van der Waals surface area contributed by atoms with Crippen molar-refractivity contribution in [2.75, 3.05) is 12.4 Å². The van der Waals surface area contributed by atoms with Crippen LogP contribution in [0.15, 0.2) is 22.7 Å². The number of nitrogens with one attached hydrogen (secondary N) is 1. The van der Waals surface area contributed by atoms with Crippen molar-refractivity contribution < 1.29 is 0 Å². The summed E-state index contributed by atoms with van der Waals surface area (Å²) in [6, 6.07) is 6.43. The van der Waals surface area contributed by atoms with Crippen LogP contribution in [0, 0.1) is 6.92 Å². The highest BCUT2D eigenvalue weighted by molar-refractivity contribution is 9.10. The molecule has 0 spiro atoms. The first-order valence-electron chi connectivity index (χ1n) is 6.12. The van der Waals surface area contributed by atoms with E-state index in [-0.39, 0.29) is 5.41 Å². The molecule has 2 rings (SSSR count). The van der Waals surface area contributed by atoms with E-state index < -0.39 is 0 Å². The van der Waals surface area contributed by atoms with Crippen molar-refractivity contribution >= 4 is 32.5 Å². The van der Waals surface area contributed by atoms with Gasteiger partial charge in [0.25, 0.3) is 0 Å². The summed E-state index contributed by atoms with van der Waals surface area (Å²) in [5.41, 5.74) is 4.54. The molecule has 96 valence electrons. The summed E-state index contributed by atoms with van der Waals surface area (Å²) < 4.78 is 1.06. The molecule has 0 saturated carbocycles. The summed E-state index contributed by atoms with van der Waals surface area (Å²) in [5.74, 6) is 0. The van der Waals surface area contributed by atoms with Gasteiger partial charge in [-0.25, -0.2) is 0 Å². The van der Waals surface area contributed by atoms with Crippen molar-refractivity contribution in [2.45, 2.75) is 33.1 Å². The summed E-state index contributed by atoms with van der Waals surface area (Å²) in [7, 11) is 1.96. The number of nitrogens with zero attached hydrogens (tertiary/aromatic N) is 1. The zero-order valence-corrected chi connectivity index (χ0v) is 13.1. The van der Waals surface area contributed by atoms with Crippen LogP contribution >= 0.6 is 15.9 Å². The minimum absolute atomic E-state index is 0.0458. The van der Waals surface area contributed by atoms with Gasteiger partial charge in [0.1, 0.15) is 0 Å². The molecule has 0 aliphatic heterocycles. The third kappa shape index (κ3) is 2.37. The number of aromatic nitrogens is 1. The van der Waals surface area contributed by atoms with Crippen LogP contribution in [0.3, 0.4) is 0 Å². The molecule has 0 atom stereocenters. The lowest BCUT2D eigenvalue weighted by Gasteiger charge is -2.20. The van der Waals surface area contributed by atoms with Gasteiger partial charge in [-0.2, -0.15) is 0 Å². The minimum Gasteiger partial charge on any atom is -0.388 e. The fraction of sp³-hybridized carbons (Fsp3) is 0.400. The topological polar surface area (TPSA) is 24.9 Å². The average molecular weight is 307 g/mol. The van der Waals surface area contributed by atoms with Crippen molar-refractivity contribution in [1.82, 2.24) is 4.98 Å². The van der Waals surface area contributed by atoms with Crippen LogP contribution in [0.2, 0.25) is 0 Å². The van der Waals surface area contributed by atoms with Crippen LogP contribution in [0.25, 0.3) is 10.9 Å². The predicted molar refractivity (Wildman–Crippen MR) is 82.4 cm³/mol. The second kappa shape index (κ2) is 4.54. The van der Waals surface area contributed by atoms with E-state index in [2.05, 4.69) is 67.1 Å². The molecule has 0 aliphatic carbocycles.